The average Bonchev–Trinajstić information content (AvgIpc) is 2.85. The van der Waals surface area contributed by atoms with E-state index in [1.165, 1.54) is 11.1 Å². The van der Waals surface area contributed by atoms with Crippen LogP contribution in [0.4, 0.5) is 0 Å². The van der Waals surface area contributed by atoms with Crippen molar-refractivity contribution in [2.24, 2.45) is 0 Å². The molecule has 0 N–H and O–H groups in total. The monoisotopic (exact) mass is 400 g/mol. The average molecular weight is 400 g/mol. The Labute approximate surface area is 181 Å². The van der Waals surface area contributed by atoms with E-state index in [0.717, 1.165) is 22.4 Å². The Hall–Kier alpha value is -4.18. The zero-order valence-corrected chi connectivity index (χ0v) is 17.1. The molecule has 3 aromatic carbocycles. The molecular formula is C27H20N4. The Morgan fingerprint density at radius 2 is 0.968 bits per heavy atom. The number of hydrogen-bond acceptors (Lipinski definition) is 4. The smallest absolute Gasteiger partial charge is 0.163 e. The molecule has 0 bridgehead atoms. The van der Waals surface area contributed by atoms with Crippen LogP contribution < -0.4 is 0 Å². The summed E-state index contributed by atoms with van der Waals surface area (Å²) in [6.45, 7) is 1.90. The number of rotatable bonds is 4. The Morgan fingerprint density at radius 1 is 0.452 bits per heavy atom. The van der Waals surface area contributed by atoms with Gasteiger partial charge >= 0.3 is 0 Å². The van der Waals surface area contributed by atoms with Gasteiger partial charge in [-0.3, -0.25) is 4.98 Å². The number of nitrogens with zero attached hydrogens (tertiary/aromatic N) is 4. The van der Waals surface area contributed by atoms with Crippen LogP contribution in [0, 0.1) is 6.92 Å². The van der Waals surface area contributed by atoms with Crippen molar-refractivity contribution in [3.8, 4) is 45.2 Å². The molecule has 0 aliphatic rings. The standard InChI is InChI=1S/C27H20N4/c1-19-29-26(23-14-10-21(11-15-23)20-7-3-2-4-8-20)31-27(30-19)24-16-12-22(13-17-24)25-9-5-6-18-28-25/h2-18H,1H3. The van der Waals surface area contributed by atoms with Crippen molar-refractivity contribution >= 4 is 0 Å². The molecule has 0 amide bonds. The fourth-order valence-electron chi connectivity index (χ4n) is 3.51. The SMILES string of the molecule is Cc1nc(-c2ccc(-c3ccccc3)cc2)nc(-c2ccc(-c3ccccn3)cc2)n1. The zero-order valence-electron chi connectivity index (χ0n) is 17.1. The van der Waals surface area contributed by atoms with Crippen LogP contribution in [0.2, 0.25) is 0 Å². The van der Waals surface area contributed by atoms with Crippen LogP contribution in [-0.2, 0) is 0 Å². The van der Waals surface area contributed by atoms with Crippen molar-refractivity contribution in [2.45, 2.75) is 6.92 Å². The van der Waals surface area contributed by atoms with Crippen molar-refractivity contribution in [3.05, 3.63) is 109 Å². The van der Waals surface area contributed by atoms with Gasteiger partial charge in [0.1, 0.15) is 5.82 Å². The number of aryl methyl sites for hydroxylation is 1. The van der Waals surface area contributed by atoms with Gasteiger partial charge in [0.2, 0.25) is 0 Å². The first-order valence-corrected chi connectivity index (χ1v) is 10.2. The first-order chi connectivity index (χ1) is 15.3. The minimum absolute atomic E-state index is 0.669. The third kappa shape index (κ3) is 4.09. The molecule has 0 saturated heterocycles. The van der Waals surface area contributed by atoms with Gasteiger partial charge in [-0.05, 0) is 30.2 Å². The number of aromatic nitrogens is 4. The van der Waals surface area contributed by atoms with Gasteiger partial charge in [-0.25, -0.2) is 15.0 Å². The lowest BCUT2D eigenvalue weighted by Crippen LogP contribution is -1.99. The molecule has 0 radical (unpaired) electrons. The second-order valence-electron chi connectivity index (χ2n) is 7.27. The fourth-order valence-corrected chi connectivity index (χ4v) is 3.51. The number of pyridine rings is 1. The maximum Gasteiger partial charge on any atom is 0.163 e. The van der Waals surface area contributed by atoms with Crippen molar-refractivity contribution < 1.29 is 0 Å². The molecule has 0 aliphatic carbocycles. The molecular weight excluding hydrogens is 380 g/mol. The van der Waals surface area contributed by atoms with Crippen molar-refractivity contribution in [2.75, 3.05) is 0 Å². The van der Waals surface area contributed by atoms with E-state index in [1.54, 1.807) is 6.20 Å². The molecule has 4 nitrogen and oxygen atoms in total. The Balaban J connectivity index is 1.45. The third-order valence-electron chi connectivity index (χ3n) is 5.10. The second kappa shape index (κ2) is 8.28. The molecule has 31 heavy (non-hydrogen) atoms. The normalized spacial score (nSPS) is 10.7. The van der Waals surface area contributed by atoms with Crippen LogP contribution in [-0.4, -0.2) is 19.9 Å². The molecule has 148 valence electrons. The topological polar surface area (TPSA) is 51.6 Å². The molecule has 0 atom stereocenters. The van der Waals surface area contributed by atoms with Gasteiger partial charge in [-0.1, -0.05) is 84.9 Å². The van der Waals surface area contributed by atoms with E-state index >= 15 is 0 Å². The van der Waals surface area contributed by atoms with Gasteiger partial charge in [0, 0.05) is 22.9 Å². The largest absolute Gasteiger partial charge is 0.256 e. The van der Waals surface area contributed by atoms with E-state index in [4.69, 9.17) is 4.98 Å². The van der Waals surface area contributed by atoms with Crippen molar-refractivity contribution in [1.29, 1.82) is 0 Å². The van der Waals surface area contributed by atoms with Crippen LogP contribution in [0.5, 0.6) is 0 Å². The van der Waals surface area contributed by atoms with Crippen LogP contribution in [0.25, 0.3) is 45.2 Å². The van der Waals surface area contributed by atoms with E-state index in [-0.39, 0.29) is 0 Å². The van der Waals surface area contributed by atoms with Gasteiger partial charge in [0.05, 0.1) is 5.69 Å². The highest BCUT2D eigenvalue weighted by Crippen LogP contribution is 2.25. The molecule has 2 aromatic heterocycles. The van der Waals surface area contributed by atoms with Gasteiger partial charge < -0.3 is 0 Å². The maximum atomic E-state index is 4.74. The molecule has 0 aliphatic heterocycles. The predicted molar refractivity (Wildman–Crippen MR) is 124 cm³/mol. The summed E-state index contributed by atoms with van der Waals surface area (Å²) in [6, 6.07) is 32.7. The Bertz CT molecular complexity index is 1200. The lowest BCUT2D eigenvalue weighted by molar-refractivity contribution is 0.992. The van der Waals surface area contributed by atoms with E-state index in [2.05, 4.69) is 51.4 Å². The summed E-state index contributed by atoms with van der Waals surface area (Å²) in [7, 11) is 0. The van der Waals surface area contributed by atoms with E-state index in [9.17, 15) is 0 Å². The minimum Gasteiger partial charge on any atom is -0.256 e. The highest BCUT2D eigenvalue weighted by atomic mass is 15.0. The number of benzene rings is 3. The first kappa shape index (κ1) is 18.8. The fraction of sp³-hybridized carbons (Fsp3) is 0.0370. The van der Waals surface area contributed by atoms with Crippen LogP contribution in [0.15, 0.2) is 103 Å². The summed E-state index contributed by atoms with van der Waals surface area (Å²) in [5.74, 6) is 2.04. The Kier molecular flexibility index (Phi) is 5.03. The molecule has 4 heteroatoms. The summed E-state index contributed by atoms with van der Waals surface area (Å²) in [4.78, 5) is 18.3. The van der Waals surface area contributed by atoms with E-state index < -0.39 is 0 Å². The van der Waals surface area contributed by atoms with Crippen LogP contribution in [0.3, 0.4) is 0 Å². The lowest BCUT2D eigenvalue weighted by atomic mass is 10.0. The van der Waals surface area contributed by atoms with Gasteiger partial charge in [-0.15, -0.1) is 0 Å². The van der Waals surface area contributed by atoms with Crippen LogP contribution in [0.1, 0.15) is 5.82 Å². The van der Waals surface area contributed by atoms with Gasteiger partial charge in [0.25, 0.3) is 0 Å². The molecule has 0 saturated carbocycles. The van der Waals surface area contributed by atoms with E-state index in [1.807, 2.05) is 67.6 Å². The highest BCUT2D eigenvalue weighted by molar-refractivity contribution is 5.69. The third-order valence-corrected chi connectivity index (χ3v) is 5.10. The minimum atomic E-state index is 0.669. The van der Waals surface area contributed by atoms with Crippen LogP contribution >= 0.6 is 0 Å². The zero-order chi connectivity index (χ0) is 21.0. The van der Waals surface area contributed by atoms with E-state index in [0.29, 0.717) is 17.5 Å². The van der Waals surface area contributed by atoms with Crippen molar-refractivity contribution in [3.63, 3.8) is 0 Å². The summed E-state index contributed by atoms with van der Waals surface area (Å²) < 4.78 is 0. The van der Waals surface area contributed by atoms with Crippen molar-refractivity contribution in [1.82, 2.24) is 19.9 Å². The maximum absolute atomic E-state index is 4.74. The van der Waals surface area contributed by atoms with Gasteiger partial charge in [-0.2, -0.15) is 0 Å². The Morgan fingerprint density at radius 3 is 1.55 bits per heavy atom. The lowest BCUT2D eigenvalue weighted by Gasteiger charge is -2.08. The predicted octanol–water partition coefficient (Wildman–Crippen LogP) is 6.24. The quantitative estimate of drug-likeness (QED) is 0.358. The molecule has 2 heterocycles. The van der Waals surface area contributed by atoms with Gasteiger partial charge in [0.15, 0.2) is 11.6 Å². The summed E-state index contributed by atoms with van der Waals surface area (Å²) in [5, 5.41) is 0. The molecule has 0 fully saturated rings. The number of hydrogen-bond donors (Lipinski definition) is 0. The molecule has 0 spiro atoms. The first-order valence-electron chi connectivity index (χ1n) is 10.2. The summed E-state index contributed by atoms with van der Waals surface area (Å²) in [6.07, 6.45) is 1.80. The summed E-state index contributed by atoms with van der Waals surface area (Å²) >= 11 is 0. The summed E-state index contributed by atoms with van der Waals surface area (Å²) in [5.41, 5.74) is 6.28. The second-order valence-corrected chi connectivity index (χ2v) is 7.27. The highest BCUT2D eigenvalue weighted by Gasteiger charge is 2.09. The molecule has 5 aromatic rings. The molecule has 5 rings (SSSR count). The molecule has 0 unspecified atom stereocenters.